The molecule has 0 aliphatic carbocycles. The summed E-state index contributed by atoms with van der Waals surface area (Å²) in [5.74, 6) is 0.776. The summed E-state index contributed by atoms with van der Waals surface area (Å²) in [6.07, 6.45) is 1.30. The quantitative estimate of drug-likeness (QED) is 0.751. The molecule has 1 aromatic carbocycles. The number of aromatic nitrogens is 2. The van der Waals surface area contributed by atoms with Crippen molar-refractivity contribution in [1.29, 1.82) is 0 Å². The highest BCUT2D eigenvalue weighted by Crippen LogP contribution is 2.15. The first-order valence-electron chi connectivity index (χ1n) is 5.32. The largest absolute Gasteiger partial charge is 0.465 e. The maximum atomic E-state index is 10.3. The molecule has 0 fully saturated rings. The van der Waals surface area contributed by atoms with E-state index in [1.807, 2.05) is 30.3 Å². The Bertz CT molecular complexity index is 493. The summed E-state index contributed by atoms with van der Waals surface area (Å²) in [6, 6.07) is 9.86. The van der Waals surface area contributed by atoms with Gasteiger partial charge in [0.2, 0.25) is 0 Å². The number of imidazole rings is 1. The number of carboxylic acid groups (broad SMARTS) is 1. The van der Waals surface area contributed by atoms with Crippen LogP contribution in [-0.4, -0.2) is 27.7 Å². The third-order valence-corrected chi connectivity index (χ3v) is 2.35. The fourth-order valence-electron chi connectivity index (χ4n) is 1.54. The van der Waals surface area contributed by atoms with Crippen LogP contribution in [0, 0.1) is 0 Å². The Morgan fingerprint density at radius 3 is 2.82 bits per heavy atom. The zero-order chi connectivity index (χ0) is 12.1. The number of nitrogens with one attached hydrogen (secondary N) is 2. The molecule has 2 rings (SSSR count). The van der Waals surface area contributed by atoms with Crippen molar-refractivity contribution >= 4 is 6.09 Å². The summed E-state index contributed by atoms with van der Waals surface area (Å²) in [5.41, 5.74) is 2.01. The number of aromatic amines is 1. The lowest BCUT2D eigenvalue weighted by Crippen LogP contribution is -2.23. The number of nitrogens with zero attached hydrogens (tertiary/aromatic N) is 1. The zero-order valence-corrected chi connectivity index (χ0v) is 9.18. The van der Waals surface area contributed by atoms with Gasteiger partial charge < -0.3 is 15.4 Å². The van der Waals surface area contributed by atoms with Gasteiger partial charge in [-0.15, -0.1) is 0 Å². The van der Waals surface area contributed by atoms with E-state index < -0.39 is 6.09 Å². The Hall–Kier alpha value is -2.30. The molecule has 88 valence electrons. The molecule has 0 aliphatic rings. The molecular weight excluding hydrogens is 218 g/mol. The fourth-order valence-corrected chi connectivity index (χ4v) is 1.54. The van der Waals surface area contributed by atoms with Gasteiger partial charge in [-0.2, -0.15) is 0 Å². The van der Waals surface area contributed by atoms with Gasteiger partial charge in [0.1, 0.15) is 5.82 Å². The maximum Gasteiger partial charge on any atom is 0.404 e. The molecular formula is C12H13N3O2. The average Bonchev–Trinajstić information content (AvgIpc) is 2.78. The number of rotatable bonds is 4. The first kappa shape index (κ1) is 11.2. The molecule has 0 saturated carbocycles. The van der Waals surface area contributed by atoms with Gasteiger partial charge in [0.15, 0.2) is 0 Å². The second-order valence-electron chi connectivity index (χ2n) is 3.59. The molecule has 1 aromatic heterocycles. The van der Waals surface area contributed by atoms with E-state index in [4.69, 9.17) is 5.11 Å². The highest BCUT2D eigenvalue weighted by atomic mass is 16.4. The number of amides is 1. The molecule has 0 radical (unpaired) electrons. The van der Waals surface area contributed by atoms with E-state index in [-0.39, 0.29) is 0 Å². The molecule has 3 N–H and O–H groups in total. The van der Waals surface area contributed by atoms with Crippen LogP contribution in [0.3, 0.4) is 0 Å². The van der Waals surface area contributed by atoms with E-state index in [0.29, 0.717) is 13.0 Å². The van der Waals surface area contributed by atoms with Crippen LogP contribution in [0.15, 0.2) is 36.5 Å². The minimum absolute atomic E-state index is 0.358. The minimum atomic E-state index is -1.01. The molecule has 0 aliphatic heterocycles. The molecule has 0 saturated heterocycles. The molecule has 5 heteroatoms. The van der Waals surface area contributed by atoms with Gasteiger partial charge >= 0.3 is 6.09 Å². The first-order chi connectivity index (χ1) is 8.25. The molecule has 0 spiro atoms. The summed E-state index contributed by atoms with van der Waals surface area (Å²) >= 11 is 0. The highest BCUT2D eigenvalue weighted by molar-refractivity contribution is 5.64. The van der Waals surface area contributed by atoms with Crippen LogP contribution in [-0.2, 0) is 6.42 Å². The monoisotopic (exact) mass is 231 g/mol. The molecule has 0 bridgehead atoms. The van der Waals surface area contributed by atoms with Crippen molar-refractivity contribution in [2.45, 2.75) is 6.42 Å². The predicted octanol–water partition coefficient (Wildman–Crippen LogP) is 1.89. The van der Waals surface area contributed by atoms with Gasteiger partial charge in [0, 0.05) is 13.0 Å². The number of H-pyrrole nitrogens is 1. The second kappa shape index (κ2) is 5.16. The van der Waals surface area contributed by atoms with Crippen molar-refractivity contribution in [3.8, 4) is 11.3 Å². The van der Waals surface area contributed by atoms with Crippen molar-refractivity contribution in [3.63, 3.8) is 0 Å². The molecule has 1 amide bonds. The van der Waals surface area contributed by atoms with Gasteiger partial charge in [0.05, 0.1) is 11.9 Å². The number of hydrogen-bond donors (Lipinski definition) is 3. The second-order valence-corrected chi connectivity index (χ2v) is 3.59. The van der Waals surface area contributed by atoms with Crippen LogP contribution in [0.1, 0.15) is 5.82 Å². The molecule has 5 nitrogen and oxygen atoms in total. The van der Waals surface area contributed by atoms with Crippen molar-refractivity contribution in [2.75, 3.05) is 6.54 Å². The van der Waals surface area contributed by atoms with Gasteiger partial charge in [-0.25, -0.2) is 9.78 Å². The lowest BCUT2D eigenvalue weighted by molar-refractivity contribution is 0.194. The average molecular weight is 231 g/mol. The van der Waals surface area contributed by atoms with Crippen LogP contribution in [0.2, 0.25) is 0 Å². The lowest BCUT2D eigenvalue weighted by Gasteiger charge is -1.98. The Kier molecular flexibility index (Phi) is 3.40. The van der Waals surface area contributed by atoms with Crippen LogP contribution in [0.25, 0.3) is 11.3 Å². The lowest BCUT2D eigenvalue weighted by atomic mass is 10.2. The van der Waals surface area contributed by atoms with Crippen LogP contribution in [0.4, 0.5) is 4.79 Å². The minimum Gasteiger partial charge on any atom is -0.465 e. The van der Waals surface area contributed by atoms with Gasteiger partial charge in [-0.3, -0.25) is 0 Å². The van der Waals surface area contributed by atoms with Crippen molar-refractivity contribution in [2.24, 2.45) is 0 Å². The summed E-state index contributed by atoms with van der Waals surface area (Å²) < 4.78 is 0. The Labute approximate surface area is 98.5 Å². The van der Waals surface area contributed by atoms with E-state index in [0.717, 1.165) is 17.1 Å². The molecule has 0 atom stereocenters. The third-order valence-electron chi connectivity index (χ3n) is 2.35. The Balaban J connectivity index is 1.99. The number of benzene rings is 1. The predicted molar refractivity (Wildman–Crippen MR) is 63.8 cm³/mol. The standard InChI is InChI=1S/C12H13N3O2/c16-12(17)13-7-6-11-14-8-10(15-11)9-4-2-1-3-5-9/h1-5,8,13H,6-7H2,(H,14,15)(H,16,17). The SMILES string of the molecule is O=C(O)NCCc1ncc(-c2ccccc2)[nH]1. The number of carbonyl (C=O) groups is 1. The zero-order valence-electron chi connectivity index (χ0n) is 9.18. The van der Waals surface area contributed by atoms with E-state index in [9.17, 15) is 4.79 Å². The normalized spacial score (nSPS) is 10.1. The van der Waals surface area contributed by atoms with Crippen LogP contribution < -0.4 is 5.32 Å². The fraction of sp³-hybridized carbons (Fsp3) is 0.167. The van der Waals surface area contributed by atoms with Crippen molar-refractivity contribution < 1.29 is 9.90 Å². The summed E-state index contributed by atoms with van der Waals surface area (Å²) in [6.45, 7) is 0.358. The summed E-state index contributed by atoms with van der Waals surface area (Å²) in [4.78, 5) is 17.6. The summed E-state index contributed by atoms with van der Waals surface area (Å²) in [5, 5.41) is 10.7. The van der Waals surface area contributed by atoms with Crippen LogP contribution in [0.5, 0.6) is 0 Å². The van der Waals surface area contributed by atoms with E-state index in [1.54, 1.807) is 6.20 Å². The van der Waals surface area contributed by atoms with Crippen molar-refractivity contribution in [3.05, 3.63) is 42.4 Å². The first-order valence-corrected chi connectivity index (χ1v) is 5.32. The van der Waals surface area contributed by atoms with Gasteiger partial charge in [0.25, 0.3) is 0 Å². The molecule has 1 heterocycles. The topological polar surface area (TPSA) is 78.0 Å². The maximum absolute atomic E-state index is 10.3. The van der Waals surface area contributed by atoms with Gasteiger partial charge in [-0.1, -0.05) is 30.3 Å². The number of hydrogen-bond acceptors (Lipinski definition) is 2. The van der Waals surface area contributed by atoms with Gasteiger partial charge in [-0.05, 0) is 5.56 Å². The molecule has 17 heavy (non-hydrogen) atoms. The van der Waals surface area contributed by atoms with Crippen molar-refractivity contribution in [1.82, 2.24) is 15.3 Å². The van der Waals surface area contributed by atoms with Crippen LogP contribution >= 0.6 is 0 Å². The smallest absolute Gasteiger partial charge is 0.404 e. The summed E-state index contributed by atoms with van der Waals surface area (Å²) in [7, 11) is 0. The third kappa shape index (κ3) is 3.07. The molecule has 0 unspecified atom stereocenters. The van der Waals surface area contributed by atoms with E-state index >= 15 is 0 Å². The molecule has 2 aromatic rings. The Morgan fingerprint density at radius 2 is 2.12 bits per heavy atom. The highest BCUT2D eigenvalue weighted by Gasteiger charge is 2.03. The Morgan fingerprint density at radius 1 is 1.35 bits per heavy atom. The van der Waals surface area contributed by atoms with E-state index in [1.165, 1.54) is 0 Å². The van der Waals surface area contributed by atoms with E-state index in [2.05, 4.69) is 15.3 Å².